The summed E-state index contributed by atoms with van der Waals surface area (Å²) >= 11 is 0. The van der Waals surface area contributed by atoms with Gasteiger partial charge in [0.15, 0.2) is 0 Å². The van der Waals surface area contributed by atoms with Crippen molar-refractivity contribution in [3.05, 3.63) is 0 Å². The zero-order valence-corrected chi connectivity index (χ0v) is 11.7. The van der Waals surface area contributed by atoms with E-state index in [-0.39, 0.29) is 5.92 Å². The lowest BCUT2D eigenvalue weighted by Gasteiger charge is -2.31. The van der Waals surface area contributed by atoms with Crippen molar-refractivity contribution in [1.82, 2.24) is 4.90 Å². The highest BCUT2D eigenvalue weighted by Gasteiger charge is 2.29. The van der Waals surface area contributed by atoms with Gasteiger partial charge in [-0.3, -0.25) is 4.79 Å². The van der Waals surface area contributed by atoms with E-state index < -0.39 is 0 Å². The lowest BCUT2D eigenvalue weighted by atomic mass is 9.80. The molecule has 2 aliphatic carbocycles. The lowest BCUT2D eigenvalue weighted by molar-refractivity contribution is -0.136. The van der Waals surface area contributed by atoms with Gasteiger partial charge in [0, 0.05) is 19.5 Å². The molecule has 2 unspecified atom stereocenters. The topological polar surface area (TPSA) is 46.3 Å². The van der Waals surface area contributed by atoms with Crippen LogP contribution < -0.4 is 5.73 Å². The van der Waals surface area contributed by atoms with E-state index in [9.17, 15) is 4.79 Å². The van der Waals surface area contributed by atoms with Gasteiger partial charge in [-0.2, -0.15) is 0 Å². The summed E-state index contributed by atoms with van der Waals surface area (Å²) in [7, 11) is 1.99. The van der Waals surface area contributed by atoms with E-state index in [2.05, 4.69) is 0 Å². The molecule has 18 heavy (non-hydrogen) atoms. The first-order valence-electron chi connectivity index (χ1n) is 7.65. The fourth-order valence-corrected chi connectivity index (χ4v) is 3.71. The predicted octanol–water partition coefficient (Wildman–Crippen LogP) is 2.40. The van der Waals surface area contributed by atoms with Gasteiger partial charge in [-0.25, -0.2) is 0 Å². The van der Waals surface area contributed by atoms with Crippen molar-refractivity contribution in [3.63, 3.8) is 0 Å². The molecule has 0 aromatic rings. The molecule has 0 aromatic heterocycles. The van der Waals surface area contributed by atoms with Crippen LogP contribution in [0.4, 0.5) is 0 Å². The third kappa shape index (κ3) is 3.47. The Morgan fingerprint density at radius 3 is 2.44 bits per heavy atom. The van der Waals surface area contributed by atoms with Gasteiger partial charge in [0.05, 0.1) is 0 Å². The summed E-state index contributed by atoms with van der Waals surface area (Å²) in [6.45, 7) is 1.72. The van der Waals surface area contributed by atoms with Crippen LogP contribution in [0.1, 0.15) is 51.4 Å². The normalized spacial score (nSPS) is 29.4. The van der Waals surface area contributed by atoms with Crippen molar-refractivity contribution in [2.24, 2.45) is 23.5 Å². The van der Waals surface area contributed by atoms with E-state index in [1.165, 1.54) is 38.5 Å². The zero-order valence-electron chi connectivity index (χ0n) is 11.7. The molecular formula is C15H28N2O. The molecule has 0 heterocycles. The quantitative estimate of drug-likeness (QED) is 0.835. The van der Waals surface area contributed by atoms with Gasteiger partial charge in [-0.05, 0) is 50.5 Å². The van der Waals surface area contributed by atoms with Crippen molar-refractivity contribution in [2.45, 2.75) is 51.4 Å². The Kier molecular flexibility index (Phi) is 5.04. The molecule has 0 radical (unpaired) electrons. The summed E-state index contributed by atoms with van der Waals surface area (Å²) in [5.74, 6) is 1.96. The fraction of sp³-hybridized carbons (Fsp3) is 0.933. The second-order valence-corrected chi connectivity index (χ2v) is 6.33. The Balaban J connectivity index is 1.81. The minimum atomic E-state index is 0.249. The second kappa shape index (κ2) is 6.55. The minimum Gasteiger partial charge on any atom is -0.345 e. The minimum absolute atomic E-state index is 0.249. The summed E-state index contributed by atoms with van der Waals surface area (Å²) in [6.07, 6.45) is 9.81. The molecule has 0 spiro atoms. The molecule has 2 atom stereocenters. The Hall–Kier alpha value is -0.570. The van der Waals surface area contributed by atoms with E-state index in [4.69, 9.17) is 5.73 Å². The molecule has 2 rings (SSSR count). The number of carbonyl (C=O) groups is 1. The third-order valence-electron chi connectivity index (χ3n) is 4.85. The van der Waals surface area contributed by atoms with Gasteiger partial charge in [0.25, 0.3) is 0 Å². The highest BCUT2D eigenvalue weighted by Crippen LogP contribution is 2.31. The Bertz CT molecular complexity index is 274. The monoisotopic (exact) mass is 252 g/mol. The van der Waals surface area contributed by atoms with E-state index >= 15 is 0 Å². The molecule has 2 N–H and O–H groups in total. The zero-order chi connectivity index (χ0) is 13.0. The molecule has 0 bridgehead atoms. The van der Waals surface area contributed by atoms with Crippen LogP contribution >= 0.6 is 0 Å². The van der Waals surface area contributed by atoms with E-state index in [0.29, 0.717) is 11.8 Å². The van der Waals surface area contributed by atoms with Crippen LogP contribution in [0.15, 0.2) is 0 Å². The molecule has 0 aliphatic heterocycles. The molecule has 104 valence electrons. The highest BCUT2D eigenvalue weighted by molar-refractivity contribution is 5.78. The van der Waals surface area contributed by atoms with E-state index in [0.717, 1.165) is 31.8 Å². The van der Waals surface area contributed by atoms with Crippen LogP contribution in [0.5, 0.6) is 0 Å². The number of hydrogen-bond acceptors (Lipinski definition) is 2. The van der Waals surface area contributed by atoms with Gasteiger partial charge in [0.2, 0.25) is 5.91 Å². The van der Waals surface area contributed by atoms with Crippen molar-refractivity contribution < 1.29 is 4.79 Å². The Labute approximate surface area is 111 Å². The Morgan fingerprint density at radius 1 is 1.11 bits per heavy atom. The fourth-order valence-electron chi connectivity index (χ4n) is 3.71. The number of rotatable bonds is 4. The van der Waals surface area contributed by atoms with Crippen LogP contribution in [0.25, 0.3) is 0 Å². The lowest BCUT2D eigenvalue weighted by Crippen LogP contribution is -2.38. The first-order chi connectivity index (χ1) is 8.70. The maximum Gasteiger partial charge on any atom is 0.225 e. The van der Waals surface area contributed by atoms with Crippen molar-refractivity contribution in [3.8, 4) is 0 Å². The summed E-state index contributed by atoms with van der Waals surface area (Å²) in [4.78, 5) is 14.4. The summed E-state index contributed by atoms with van der Waals surface area (Å²) < 4.78 is 0. The first-order valence-corrected chi connectivity index (χ1v) is 7.65. The smallest absolute Gasteiger partial charge is 0.225 e. The van der Waals surface area contributed by atoms with Crippen molar-refractivity contribution >= 4 is 5.91 Å². The number of nitrogens with zero attached hydrogens (tertiary/aromatic N) is 1. The van der Waals surface area contributed by atoms with Gasteiger partial charge < -0.3 is 10.6 Å². The molecule has 2 aliphatic rings. The maximum atomic E-state index is 12.4. The maximum absolute atomic E-state index is 12.4. The average Bonchev–Trinajstić information content (AvgIpc) is 2.90. The molecule has 3 heteroatoms. The van der Waals surface area contributed by atoms with Crippen molar-refractivity contribution in [1.29, 1.82) is 0 Å². The first kappa shape index (κ1) is 13.9. The van der Waals surface area contributed by atoms with Crippen LogP contribution in [-0.2, 0) is 4.79 Å². The molecule has 0 saturated heterocycles. The molecule has 2 fully saturated rings. The summed E-state index contributed by atoms with van der Waals surface area (Å²) in [5, 5.41) is 0. The highest BCUT2D eigenvalue weighted by atomic mass is 16.2. The Morgan fingerprint density at radius 2 is 1.78 bits per heavy atom. The standard InChI is InChI=1S/C15H28N2O/c1-17(11-12-5-2-3-6-12)15(18)14-8-4-7-13(9-14)10-16/h12-14H,2-11,16H2,1H3. The van der Waals surface area contributed by atoms with Crippen LogP contribution in [-0.4, -0.2) is 30.9 Å². The number of hydrogen-bond donors (Lipinski definition) is 1. The summed E-state index contributed by atoms with van der Waals surface area (Å²) in [6, 6.07) is 0. The van der Waals surface area contributed by atoms with Crippen LogP contribution in [0.2, 0.25) is 0 Å². The van der Waals surface area contributed by atoms with Gasteiger partial charge in [0.1, 0.15) is 0 Å². The predicted molar refractivity (Wildman–Crippen MR) is 74.1 cm³/mol. The van der Waals surface area contributed by atoms with Crippen LogP contribution in [0.3, 0.4) is 0 Å². The molecule has 2 saturated carbocycles. The van der Waals surface area contributed by atoms with Crippen molar-refractivity contribution in [2.75, 3.05) is 20.1 Å². The number of carbonyl (C=O) groups excluding carboxylic acids is 1. The molecule has 0 aromatic carbocycles. The number of nitrogens with two attached hydrogens (primary N) is 1. The molecule has 3 nitrogen and oxygen atoms in total. The third-order valence-corrected chi connectivity index (χ3v) is 4.85. The number of amides is 1. The van der Waals surface area contributed by atoms with Gasteiger partial charge in [-0.1, -0.05) is 19.3 Å². The molecular weight excluding hydrogens is 224 g/mol. The van der Waals surface area contributed by atoms with Crippen LogP contribution in [0, 0.1) is 17.8 Å². The average molecular weight is 252 g/mol. The summed E-state index contributed by atoms with van der Waals surface area (Å²) in [5.41, 5.74) is 5.75. The van der Waals surface area contributed by atoms with Gasteiger partial charge in [-0.15, -0.1) is 0 Å². The van der Waals surface area contributed by atoms with E-state index in [1.807, 2.05) is 11.9 Å². The second-order valence-electron chi connectivity index (χ2n) is 6.33. The van der Waals surface area contributed by atoms with Gasteiger partial charge >= 0.3 is 0 Å². The largest absolute Gasteiger partial charge is 0.345 e. The SMILES string of the molecule is CN(CC1CCCC1)C(=O)C1CCCC(CN)C1. The van der Waals surface area contributed by atoms with E-state index in [1.54, 1.807) is 0 Å². The molecule has 1 amide bonds.